The van der Waals surface area contributed by atoms with Gasteiger partial charge in [0.25, 0.3) is 0 Å². The highest BCUT2D eigenvalue weighted by Gasteiger charge is 2.48. The van der Waals surface area contributed by atoms with Gasteiger partial charge in [-0.1, -0.05) is 25.1 Å². The van der Waals surface area contributed by atoms with Gasteiger partial charge in [-0.3, -0.25) is 4.79 Å². The number of rotatable bonds is 3. The number of hydrogen-bond acceptors (Lipinski definition) is 2. The molecule has 3 N–H and O–H groups in total. The average Bonchev–Trinajstić information content (AvgIpc) is 2.27. The highest BCUT2D eigenvalue weighted by Crippen LogP contribution is 2.41. The van der Waals surface area contributed by atoms with Gasteiger partial charge in [0.1, 0.15) is 0 Å². The molecule has 0 heterocycles. The van der Waals surface area contributed by atoms with Crippen molar-refractivity contribution in [2.45, 2.75) is 44.8 Å². The van der Waals surface area contributed by atoms with Crippen LogP contribution in [-0.4, -0.2) is 23.1 Å². The quantitative estimate of drug-likeness (QED) is 0.780. The standard InChI is InChI=1S/C11H17F3N2OS/c1-6(9(15)18)16-10(17)7-4-2-3-5-8(7)11(12,13)14/h6-8H,2-5H2,1H3,(H2,15,18)(H,16,17). The molecule has 3 unspecified atom stereocenters. The predicted molar refractivity (Wildman–Crippen MR) is 65.9 cm³/mol. The number of hydrogen-bond donors (Lipinski definition) is 2. The zero-order valence-corrected chi connectivity index (χ0v) is 10.9. The first-order chi connectivity index (χ1) is 8.23. The highest BCUT2D eigenvalue weighted by molar-refractivity contribution is 7.80. The Labute approximate surface area is 109 Å². The van der Waals surface area contributed by atoms with Gasteiger partial charge >= 0.3 is 6.18 Å². The van der Waals surface area contributed by atoms with Crippen molar-refractivity contribution in [3.63, 3.8) is 0 Å². The van der Waals surface area contributed by atoms with Crippen LogP contribution in [0.25, 0.3) is 0 Å². The fourth-order valence-corrected chi connectivity index (χ4v) is 2.29. The maximum Gasteiger partial charge on any atom is 0.392 e. The third kappa shape index (κ3) is 3.83. The number of halogens is 3. The summed E-state index contributed by atoms with van der Waals surface area (Å²) in [5.41, 5.74) is 5.33. The van der Waals surface area contributed by atoms with E-state index in [2.05, 4.69) is 17.5 Å². The molecule has 1 rings (SSSR count). The Morgan fingerprint density at radius 1 is 1.39 bits per heavy atom. The molecule has 1 saturated carbocycles. The number of amides is 1. The summed E-state index contributed by atoms with van der Waals surface area (Å²) in [4.78, 5) is 11.9. The van der Waals surface area contributed by atoms with E-state index in [-0.39, 0.29) is 17.8 Å². The van der Waals surface area contributed by atoms with Gasteiger partial charge in [-0.25, -0.2) is 0 Å². The first kappa shape index (κ1) is 15.2. The van der Waals surface area contributed by atoms with Crippen LogP contribution in [0.2, 0.25) is 0 Å². The summed E-state index contributed by atoms with van der Waals surface area (Å²) >= 11 is 4.68. The average molecular weight is 282 g/mol. The van der Waals surface area contributed by atoms with Crippen molar-refractivity contribution < 1.29 is 18.0 Å². The Kier molecular flexibility index (Phi) is 4.95. The molecule has 1 fully saturated rings. The molecule has 1 aliphatic carbocycles. The van der Waals surface area contributed by atoms with E-state index < -0.39 is 30.0 Å². The normalized spacial score (nSPS) is 26.4. The number of carbonyl (C=O) groups excluding carboxylic acids is 1. The van der Waals surface area contributed by atoms with Crippen LogP contribution < -0.4 is 11.1 Å². The fourth-order valence-electron chi connectivity index (χ4n) is 2.23. The molecule has 0 saturated heterocycles. The van der Waals surface area contributed by atoms with Crippen LogP contribution in [0.4, 0.5) is 13.2 Å². The molecule has 0 aliphatic heterocycles. The number of alkyl halides is 3. The lowest BCUT2D eigenvalue weighted by Gasteiger charge is -2.32. The van der Waals surface area contributed by atoms with Crippen LogP contribution in [0, 0.1) is 11.8 Å². The summed E-state index contributed by atoms with van der Waals surface area (Å²) < 4.78 is 38.5. The molecule has 0 radical (unpaired) electrons. The van der Waals surface area contributed by atoms with Crippen LogP contribution in [0.3, 0.4) is 0 Å². The molecular weight excluding hydrogens is 265 g/mol. The van der Waals surface area contributed by atoms with E-state index in [1.807, 2.05) is 0 Å². The summed E-state index contributed by atoms with van der Waals surface area (Å²) in [6.07, 6.45) is -2.89. The molecule has 18 heavy (non-hydrogen) atoms. The number of nitrogens with two attached hydrogens (primary N) is 1. The minimum atomic E-state index is -4.32. The number of nitrogens with one attached hydrogen (secondary N) is 1. The SMILES string of the molecule is CC(NC(=O)C1CCCCC1C(F)(F)F)C(N)=S. The Balaban J connectivity index is 2.72. The van der Waals surface area contributed by atoms with Crippen LogP contribution >= 0.6 is 12.2 Å². The lowest BCUT2D eigenvalue weighted by atomic mass is 9.78. The number of thiocarbonyl (C=S) groups is 1. The molecule has 104 valence electrons. The summed E-state index contributed by atoms with van der Waals surface area (Å²) in [5.74, 6) is -3.17. The van der Waals surface area contributed by atoms with Crippen LogP contribution in [0.15, 0.2) is 0 Å². The van der Waals surface area contributed by atoms with Crippen molar-refractivity contribution >= 4 is 23.1 Å². The van der Waals surface area contributed by atoms with Crippen molar-refractivity contribution in [2.75, 3.05) is 0 Å². The minimum absolute atomic E-state index is 0.0169. The van der Waals surface area contributed by atoms with Gasteiger partial charge in [-0.05, 0) is 19.8 Å². The lowest BCUT2D eigenvalue weighted by Crippen LogP contribution is -2.48. The molecule has 1 aliphatic rings. The van der Waals surface area contributed by atoms with Gasteiger partial charge in [0.2, 0.25) is 5.91 Å². The van der Waals surface area contributed by atoms with Crippen molar-refractivity contribution in [2.24, 2.45) is 17.6 Å². The van der Waals surface area contributed by atoms with E-state index in [0.29, 0.717) is 12.8 Å². The van der Waals surface area contributed by atoms with E-state index in [1.54, 1.807) is 6.92 Å². The molecule has 0 aromatic heterocycles. The van der Waals surface area contributed by atoms with Gasteiger partial charge in [-0.2, -0.15) is 13.2 Å². The Bertz CT molecular complexity index is 333. The predicted octanol–water partition coefficient (Wildman–Crippen LogP) is 2.15. The van der Waals surface area contributed by atoms with Crippen molar-refractivity contribution in [1.29, 1.82) is 0 Å². The largest absolute Gasteiger partial charge is 0.392 e. The van der Waals surface area contributed by atoms with E-state index in [4.69, 9.17) is 5.73 Å². The molecule has 3 atom stereocenters. The van der Waals surface area contributed by atoms with Crippen molar-refractivity contribution in [3.8, 4) is 0 Å². The Hall–Kier alpha value is -0.850. The van der Waals surface area contributed by atoms with E-state index in [9.17, 15) is 18.0 Å². The summed E-state index contributed by atoms with van der Waals surface area (Å²) in [6, 6.07) is -0.580. The number of carbonyl (C=O) groups is 1. The Morgan fingerprint density at radius 3 is 2.44 bits per heavy atom. The monoisotopic (exact) mass is 282 g/mol. The summed E-state index contributed by atoms with van der Waals surface area (Å²) in [5, 5.41) is 2.45. The molecule has 3 nitrogen and oxygen atoms in total. The summed E-state index contributed by atoms with van der Waals surface area (Å²) in [7, 11) is 0. The zero-order valence-electron chi connectivity index (χ0n) is 10.1. The third-order valence-corrected chi connectivity index (χ3v) is 3.66. The van der Waals surface area contributed by atoms with E-state index in [0.717, 1.165) is 0 Å². The second kappa shape index (κ2) is 5.86. The smallest absolute Gasteiger partial charge is 0.392 e. The third-order valence-electron chi connectivity index (χ3n) is 3.31. The second-order valence-corrected chi connectivity index (χ2v) is 5.14. The molecule has 0 spiro atoms. The Morgan fingerprint density at radius 2 is 1.94 bits per heavy atom. The van der Waals surface area contributed by atoms with E-state index in [1.165, 1.54) is 0 Å². The van der Waals surface area contributed by atoms with E-state index >= 15 is 0 Å². The molecule has 0 aromatic rings. The van der Waals surface area contributed by atoms with Crippen molar-refractivity contribution in [1.82, 2.24) is 5.32 Å². The molecule has 1 amide bonds. The van der Waals surface area contributed by atoms with Gasteiger partial charge in [-0.15, -0.1) is 0 Å². The summed E-state index contributed by atoms with van der Waals surface area (Å²) in [6.45, 7) is 1.56. The second-order valence-electron chi connectivity index (χ2n) is 4.67. The van der Waals surface area contributed by atoms with Crippen LogP contribution in [0.5, 0.6) is 0 Å². The maximum atomic E-state index is 12.8. The fraction of sp³-hybridized carbons (Fsp3) is 0.818. The van der Waals surface area contributed by atoms with Crippen LogP contribution in [0.1, 0.15) is 32.6 Å². The zero-order chi connectivity index (χ0) is 13.9. The van der Waals surface area contributed by atoms with Crippen LogP contribution in [-0.2, 0) is 4.79 Å². The molecule has 0 bridgehead atoms. The highest BCUT2D eigenvalue weighted by atomic mass is 32.1. The van der Waals surface area contributed by atoms with Gasteiger partial charge < -0.3 is 11.1 Å². The molecule has 7 heteroatoms. The van der Waals surface area contributed by atoms with Gasteiger partial charge in [0.15, 0.2) is 0 Å². The lowest BCUT2D eigenvalue weighted by molar-refractivity contribution is -0.198. The minimum Gasteiger partial charge on any atom is -0.392 e. The first-order valence-corrected chi connectivity index (χ1v) is 6.30. The molecular formula is C11H17F3N2OS. The van der Waals surface area contributed by atoms with Crippen molar-refractivity contribution in [3.05, 3.63) is 0 Å². The maximum absolute atomic E-state index is 12.8. The van der Waals surface area contributed by atoms with Gasteiger partial charge in [0, 0.05) is 5.92 Å². The molecule has 0 aromatic carbocycles. The van der Waals surface area contributed by atoms with Gasteiger partial charge in [0.05, 0.1) is 16.9 Å². The first-order valence-electron chi connectivity index (χ1n) is 5.90. The topological polar surface area (TPSA) is 55.1 Å².